The Morgan fingerprint density at radius 3 is 2.74 bits per heavy atom. The van der Waals surface area contributed by atoms with Crippen molar-refractivity contribution in [2.24, 2.45) is 0 Å². The molecule has 19 heavy (non-hydrogen) atoms. The van der Waals surface area contributed by atoms with Crippen molar-refractivity contribution in [3.05, 3.63) is 33.3 Å². The van der Waals surface area contributed by atoms with Crippen LogP contribution in [0.4, 0.5) is 0 Å². The quantitative estimate of drug-likeness (QED) is 0.594. The molecule has 0 radical (unpaired) electrons. The van der Waals surface area contributed by atoms with Crippen molar-refractivity contribution in [1.29, 1.82) is 0 Å². The summed E-state index contributed by atoms with van der Waals surface area (Å²) in [6, 6.07) is 5.26. The minimum absolute atomic E-state index is 0.0253. The van der Waals surface area contributed by atoms with Crippen LogP contribution in [0, 0.1) is 0 Å². The first-order chi connectivity index (χ1) is 9.08. The molecule has 1 amide bonds. The summed E-state index contributed by atoms with van der Waals surface area (Å²) in [7, 11) is 0. The molecule has 2 rings (SSSR count). The standard InChI is InChI=1S/C14H16BrCl2NO/c15-10-7-6-9(8-12(10)17)14(19)18-13-5-3-1-2-4-11(13)16/h6-8,11,13H,1-5H2,(H,18,19). The van der Waals surface area contributed by atoms with Crippen molar-refractivity contribution >= 4 is 45.0 Å². The van der Waals surface area contributed by atoms with E-state index in [4.69, 9.17) is 23.2 Å². The molecule has 0 aromatic heterocycles. The van der Waals surface area contributed by atoms with Crippen molar-refractivity contribution in [2.45, 2.75) is 43.5 Å². The smallest absolute Gasteiger partial charge is 0.251 e. The number of halogens is 3. The fraction of sp³-hybridized carbons (Fsp3) is 0.500. The summed E-state index contributed by atoms with van der Waals surface area (Å²) in [6.07, 6.45) is 5.37. The van der Waals surface area contributed by atoms with Gasteiger partial charge in [-0.2, -0.15) is 0 Å². The van der Waals surface area contributed by atoms with Crippen molar-refractivity contribution in [3.63, 3.8) is 0 Å². The van der Waals surface area contributed by atoms with Crippen LogP contribution in [-0.2, 0) is 0 Å². The van der Waals surface area contributed by atoms with Gasteiger partial charge in [-0.15, -0.1) is 11.6 Å². The number of carbonyl (C=O) groups excluding carboxylic acids is 1. The van der Waals surface area contributed by atoms with Crippen LogP contribution in [0.15, 0.2) is 22.7 Å². The summed E-state index contributed by atoms with van der Waals surface area (Å²) < 4.78 is 0.787. The van der Waals surface area contributed by atoms with Crippen LogP contribution in [-0.4, -0.2) is 17.3 Å². The maximum absolute atomic E-state index is 12.2. The van der Waals surface area contributed by atoms with Crippen LogP contribution in [0.2, 0.25) is 5.02 Å². The number of alkyl halides is 1. The summed E-state index contributed by atoms with van der Waals surface area (Å²) >= 11 is 15.6. The van der Waals surface area contributed by atoms with Gasteiger partial charge in [0.25, 0.3) is 5.91 Å². The second-order valence-corrected chi connectivity index (χ2v) is 6.68. The lowest BCUT2D eigenvalue weighted by atomic mass is 10.1. The first kappa shape index (κ1) is 15.1. The van der Waals surface area contributed by atoms with Gasteiger partial charge in [0.2, 0.25) is 0 Å². The van der Waals surface area contributed by atoms with Gasteiger partial charge in [-0.05, 0) is 47.0 Å². The molecule has 2 atom stereocenters. The molecule has 0 bridgehead atoms. The SMILES string of the molecule is O=C(NC1CCCCCC1Cl)c1ccc(Br)c(Cl)c1. The Morgan fingerprint density at radius 1 is 1.26 bits per heavy atom. The molecule has 1 N–H and O–H groups in total. The number of carbonyl (C=O) groups is 1. The van der Waals surface area contributed by atoms with E-state index in [2.05, 4.69) is 21.2 Å². The highest BCUT2D eigenvalue weighted by Gasteiger charge is 2.23. The van der Waals surface area contributed by atoms with Crippen LogP contribution in [0.3, 0.4) is 0 Å². The number of rotatable bonds is 2. The molecular weight excluding hydrogens is 349 g/mol. The van der Waals surface area contributed by atoms with Crippen LogP contribution >= 0.6 is 39.1 Å². The minimum Gasteiger partial charge on any atom is -0.348 e. The molecule has 104 valence electrons. The minimum atomic E-state index is -0.105. The van der Waals surface area contributed by atoms with Gasteiger partial charge in [-0.3, -0.25) is 4.79 Å². The van der Waals surface area contributed by atoms with Gasteiger partial charge in [0, 0.05) is 16.1 Å². The molecule has 1 aliphatic rings. The maximum atomic E-state index is 12.2. The topological polar surface area (TPSA) is 29.1 Å². The number of amides is 1. The normalized spacial score (nSPS) is 23.7. The van der Waals surface area contributed by atoms with Crippen LogP contribution in [0.25, 0.3) is 0 Å². The van der Waals surface area contributed by atoms with Gasteiger partial charge < -0.3 is 5.32 Å². The molecule has 1 aromatic carbocycles. The largest absolute Gasteiger partial charge is 0.348 e. The van der Waals surface area contributed by atoms with E-state index in [0.29, 0.717) is 10.6 Å². The van der Waals surface area contributed by atoms with E-state index in [-0.39, 0.29) is 17.3 Å². The van der Waals surface area contributed by atoms with Crippen LogP contribution in [0.1, 0.15) is 42.5 Å². The van der Waals surface area contributed by atoms with E-state index in [1.165, 1.54) is 6.42 Å². The molecule has 0 heterocycles. The van der Waals surface area contributed by atoms with E-state index in [1.807, 2.05) is 0 Å². The van der Waals surface area contributed by atoms with E-state index < -0.39 is 0 Å². The Kier molecular flexibility index (Phi) is 5.55. The van der Waals surface area contributed by atoms with E-state index in [1.54, 1.807) is 18.2 Å². The molecular formula is C14H16BrCl2NO. The van der Waals surface area contributed by atoms with Crippen molar-refractivity contribution in [1.82, 2.24) is 5.32 Å². The lowest BCUT2D eigenvalue weighted by molar-refractivity contribution is 0.0934. The van der Waals surface area contributed by atoms with E-state index in [0.717, 1.165) is 30.2 Å². The van der Waals surface area contributed by atoms with Gasteiger partial charge in [-0.25, -0.2) is 0 Å². The van der Waals surface area contributed by atoms with E-state index in [9.17, 15) is 4.79 Å². The van der Waals surface area contributed by atoms with Gasteiger partial charge in [0.15, 0.2) is 0 Å². The summed E-state index contributed by atoms with van der Waals surface area (Å²) in [5.41, 5.74) is 0.571. The molecule has 2 nitrogen and oxygen atoms in total. The highest BCUT2D eigenvalue weighted by molar-refractivity contribution is 9.10. The zero-order valence-corrected chi connectivity index (χ0v) is 13.6. The fourth-order valence-electron chi connectivity index (χ4n) is 2.31. The summed E-state index contributed by atoms with van der Waals surface area (Å²) in [4.78, 5) is 12.2. The highest BCUT2D eigenvalue weighted by atomic mass is 79.9. The zero-order chi connectivity index (χ0) is 13.8. The van der Waals surface area contributed by atoms with Gasteiger partial charge in [0.05, 0.1) is 10.4 Å². The Hall–Kier alpha value is -0.250. The molecule has 1 aliphatic carbocycles. The molecule has 2 unspecified atom stereocenters. The Bertz CT molecular complexity index is 467. The monoisotopic (exact) mass is 363 g/mol. The Morgan fingerprint density at radius 2 is 2.00 bits per heavy atom. The summed E-state index contributed by atoms with van der Waals surface area (Å²) in [5, 5.41) is 3.59. The zero-order valence-electron chi connectivity index (χ0n) is 10.5. The van der Waals surface area contributed by atoms with Crippen molar-refractivity contribution in [3.8, 4) is 0 Å². The third kappa shape index (κ3) is 4.11. The fourth-order valence-corrected chi connectivity index (χ4v) is 3.08. The average Bonchev–Trinajstić information content (AvgIpc) is 2.58. The molecule has 0 spiro atoms. The van der Waals surface area contributed by atoms with Gasteiger partial charge in [0.1, 0.15) is 0 Å². The highest BCUT2D eigenvalue weighted by Crippen LogP contribution is 2.25. The lowest BCUT2D eigenvalue weighted by Crippen LogP contribution is -2.40. The molecule has 1 aromatic rings. The molecule has 5 heteroatoms. The third-order valence-electron chi connectivity index (χ3n) is 3.43. The number of nitrogens with one attached hydrogen (secondary N) is 1. The first-order valence-corrected chi connectivity index (χ1v) is 8.08. The molecule has 1 saturated carbocycles. The van der Waals surface area contributed by atoms with Crippen LogP contribution in [0.5, 0.6) is 0 Å². The maximum Gasteiger partial charge on any atom is 0.251 e. The second-order valence-electron chi connectivity index (χ2n) is 4.86. The van der Waals surface area contributed by atoms with Gasteiger partial charge in [-0.1, -0.05) is 30.9 Å². The summed E-state index contributed by atoms with van der Waals surface area (Å²) in [6.45, 7) is 0. The molecule has 0 saturated heterocycles. The lowest BCUT2D eigenvalue weighted by Gasteiger charge is -2.21. The average molecular weight is 365 g/mol. The number of hydrogen-bond donors (Lipinski definition) is 1. The number of hydrogen-bond acceptors (Lipinski definition) is 1. The summed E-state index contributed by atoms with van der Waals surface area (Å²) in [5.74, 6) is -0.105. The van der Waals surface area contributed by atoms with E-state index >= 15 is 0 Å². The Labute approximate surface area is 132 Å². The molecule has 1 fully saturated rings. The second kappa shape index (κ2) is 6.96. The first-order valence-electron chi connectivity index (χ1n) is 6.48. The van der Waals surface area contributed by atoms with Gasteiger partial charge >= 0.3 is 0 Å². The third-order valence-corrected chi connectivity index (χ3v) is 5.18. The predicted octanol–water partition coefficient (Wildman–Crippen LogP) is 4.77. The Balaban J connectivity index is 2.05. The predicted molar refractivity (Wildman–Crippen MR) is 83.1 cm³/mol. The molecule has 0 aliphatic heterocycles. The van der Waals surface area contributed by atoms with Crippen molar-refractivity contribution < 1.29 is 4.79 Å². The number of benzene rings is 1. The van der Waals surface area contributed by atoms with Crippen LogP contribution < -0.4 is 5.32 Å². The van der Waals surface area contributed by atoms with Crippen molar-refractivity contribution in [2.75, 3.05) is 0 Å².